The van der Waals surface area contributed by atoms with Gasteiger partial charge in [0.05, 0.1) is 14.7 Å². The van der Waals surface area contributed by atoms with Gasteiger partial charge in [-0.1, -0.05) is 98.7 Å². The molecule has 7 rings (SSSR count). The average molecular weight is 1320 g/mol. The first-order valence-electron chi connectivity index (χ1n) is 23.8. The van der Waals surface area contributed by atoms with Crippen LogP contribution in [-0.2, 0) is 46.6 Å². The zero-order chi connectivity index (χ0) is 67.3. The molecule has 0 unspecified atom stereocenters. The van der Waals surface area contributed by atoms with Crippen LogP contribution in [0.2, 0.25) is 0 Å². The Morgan fingerprint density at radius 2 is 0.356 bits per heavy atom. The molecule has 0 aromatic heterocycles. The Morgan fingerprint density at radius 1 is 0.241 bits per heavy atom. The highest BCUT2D eigenvalue weighted by Crippen LogP contribution is 2.32. The SMILES string of the molecule is CC(C)(C)c1ccc(S(=O)(=O)O)cc1.CC(C)(C)c1ccc(S(=O)(=O)O)cc1.CC(C)(C)c1ccc(S(=O)(=O)O)cc1.Fc1c(F)c(F)c([B-](c2c(F)c(F)c(F)c(F)c2F)(c2c(F)c(F)c(F)c(F)c2F)c2c(F)c(F)c(F)c(F)c2F)c(F)c1F. The standard InChI is InChI=1S/C24BF20.3C10H14O3S/c26-5-1(6(27)14(35)21(42)13(5)34)25(2-7(28)15(36)22(43)16(37)8(2)29,3-9(30)17(38)23(44)18(39)10(3)31)4-11(32)19(40)24(45)20(41)12(4)33;3*1-10(2,3)8-4-6-9(7-5-8)14(11,12)13/h;3*4-7H,1-3H3,(H,11,12,13)/q-1;;;. The molecule has 3 N–H and O–H groups in total. The van der Waals surface area contributed by atoms with Gasteiger partial charge in [0.15, 0.2) is 69.8 Å². The van der Waals surface area contributed by atoms with E-state index in [0.29, 0.717) is 0 Å². The van der Waals surface area contributed by atoms with E-state index in [4.69, 9.17) is 13.7 Å². The number of benzene rings is 7. The smallest absolute Gasteiger partial charge is 0.282 e. The lowest BCUT2D eigenvalue weighted by Crippen LogP contribution is -2.81. The first kappa shape index (κ1) is 72.4. The van der Waals surface area contributed by atoms with Gasteiger partial charge in [0, 0.05) is 0 Å². The zero-order valence-electron chi connectivity index (χ0n) is 45.6. The molecule has 33 heteroatoms. The van der Waals surface area contributed by atoms with Gasteiger partial charge < -0.3 is 0 Å². The first-order chi connectivity index (χ1) is 39.3. The molecule has 7 aromatic rings. The predicted octanol–water partition coefficient (Wildman–Crippen LogP) is 12.5. The van der Waals surface area contributed by atoms with Gasteiger partial charge in [0.25, 0.3) is 30.4 Å². The van der Waals surface area contributed by atoms with Crippen LogP contribution in [0.4, 0.5) is 87.8 Å². The number of hydrogen-bond acceptors (Lipinski definition) is 6. The van der Waals surface area contributed by atoms with Crippen molar-refractivity contribution in [2.24, 2.45) is 0 Å². The van der Waals surface area contributed by atoms with Crippen molar-refractivity contribution >= 4 is 58.4 Å². The van der Waals surface area contributed by atoms with E-state index in [1.54, 1.807) is 36.4 Å². The summed E-state index contributed by atoms with van der Waals surface area (Å²) in [7, 11) is -12.2. The summed E-state index contributed by atoms with van der Waals surface area (Å²) in [5.41, 5.74) is -11.3. The van der Waals surface area contributed by atoms with E-state index in [1.807, 2.05) is 62.3 Å². The Balaban J connectivity index is 0.000000309. The first-order valence-corrected chi connectivity index (χ1v) is 28.1. The van der Waals surface area contributed by atoms with Gasteiger partial charge in [0.1, 0.15) is 52.7 Å². The normalized spacial score (nSPS) is 12.4. The van der Waals surface area contributed by atoms with Crippen molar-refractivity contribution < 1.29 is 127 Å². The van der Waals surface area contributed by atoms with E-state index in [9.17, 15) is 77.9 Å². The molecule has 87 heavy (non-hydrogen) atoms. The van der Waals surface area contributed by atoms with Crippen LogP contribution >= 0.6 is 0 Å². The van der Waals surface area contributed by atoms with Crippen LogP contribution in [-0.4, -0.2) is 45.1 Å². The second kappa shape index (κ2) is 25.6. The van der Waals surface area contributed by atoms with E-state index in [1.165, 1.54) is 36.4 Å². The lowest BCUT2D eigenvalue weighted by atomic mass is 9.12. The topological polar surface area (TPSA) is 163 Å². The van der Waals surface area contributed by atoms with Gasteiger partial charge in [-0.15, -0.1) is 21.9 Å². The summed E-state index contributed by atoms with van der Waals surface area (Å²) in [5.74, 6) is -71.4. The lowest BCUT2D eigenvalue weighted by molar-refractivity contribution is 0.378. The minimum absolute atomic E-state index is 0.0161. The molecule has 0 heterocycles. The molecule has 0 atom stereocenters. The highest BCUT2D eigenvalue weighted by molar-refractivity contribution is 7.86. The minimum atomic E-state index is -7.22. The van der Waals surface area contributed by atoms with Crippen molar-refractivity contribution in [1.82, 2.24) is 0 Å². The summed E-state index contributed by atoms with van der Waals surface area (Å²) in [6.45, 7) is 18.3. The minimum Gasteiger partial charge on any atom is -0.282 e. The molecule has 9 nitrogen and oxygen atoms in total. The molecule has 0 bridgehead atoms. The summed E-state index contributed by atoms with van der Waals surface area (Å²) in [5, 5.41) is 0. The summed E-state index contributed by atoms with van der Waals surface area (Å²) in [6.07, 6.45) is -7.22. The molecular weight excluding hydrogens is 1280 g/mol. The van der Waals surface area contributed by atoms with Crippen LogP contribution in [0.3, 0.4) is 0 Å². The highest BCUT2D eigenvalue weighted by atomic mass is 32.2. The number of hydrogen-bond donors (Lipinski definition) is 3. The van der Waals surface area contributed by atoms with Crippen LogP contribution in [0.15, 0.2) is 87.5 Å². The molecule has 474 valence electrons. The Kier molecular flexibility index (Phi) is 21.3. The summed E-state index contributed by atoms with van der Waals surface area (Å²) in [4.78, 5) is -0.193. The maximum Gasteiger partial charge on any atom is 0.294 e. The predicted molar refractivity (Wildman–Crippen MR) is 274 cm³/mol. The zero-order valence-corrected chi connectivity index (χ0v) is 48.0. The van der Waals surface area contributed by atoms with Crippen LogP contribution in [0, 0.1) is 116 Å². The Morgan fingerprint density at radius 3 is 0.460 bits per heavy atom. The van der Waals surface area contributed by atoms with E-state index < -0.39 is 175 Å². The Bertz CT molecular complexity index is 3570. The van der Waals surface area contributed by atoms with Gasteiger partial charge in [0.2, 0.25) is 0 Å². The third kappa shape index (κ3) is 14.6. The number of halogens is 20. The van der Waals surface area contributed by atoms with Crippen LogP contribution in [0.1, 0.15) is 79.0 Å². The summed E-state index contributed by atoms with van der Waals surface area (Å²) < 4.78 is 385. The molecule has 0 radical (unpaired) electrons. The summed E-state index contributed by atoms with van der Waals surface area (Å²) >= 11 is 0. The fraction of sp³-hybridized carbons (Fsp3) is 0.222. The maximum absolute atomic E-state index is 15.4. The Hall–Kier alpha value is -7.07. The molecule has 0 aliphatic heterocycles. The van der Waals surface area contributed by atoms with Gasteiger partial charge in [-0.25, -0.2) is 87.8 Å². The molecule has 0 spiro atoms. The van der Waals surface area contributed by atoms with E-state index in [2.05, 4.69) is 0 Å². The molecule has 7 aromatic carbocycles. The molecule has 0 saturated heterocycles. The third-order valence-corrected chi connectivity index (χ3v) is 15.4. The molecule has 0 aliphatic carbocycles. The quantitative estimate of drug-likeness (QED) is 0.0463. The van der Waals surface area contributed by atoms with E-state index >= 15 is 35.1 Å². The van der Waals surface area contributed by atoms with Gasteiger partial charge >= 0.3 is 0 Å². The fourth-order valence-electron chi connectivity index (χ4n) is 8.25. The molecular formula is C54H42BF20O9S3-. The van der Waals surface area contributed by atoms with Crippen molar-refractivity contribution in [3.05, 3.63) is 206 Å². The van der Waals surface area contributed by atoms with Crippen molar-refractivity contribution in [2.75, 3.05) is 0 Å². The van der Waals surface area contributed by atoms with Crippen molar-refractivity contribution in [1.29, 1.82) is 0 Å². The van der Waals surface area contributed by atoms with Crippen molar-refractivity contribution in [3.8, 4) is 0 Å². The monoisotopic (exact) mass is 1320 g/mol. The average Bonchev–Trinajstić information content (AvgIpc) is 0.685. The Labute approximate surface area is 482 Å². The van der Waals surface area contributed by atoms with Gasteiger partial charge in [-0.05, 0) is 69.3 Å². The fourth-order valence-corrected chi connectivity index (χ4v) is 9.70. The van der Waals surface area contributed by atoms with Gasteiger partial charge in [-0.3, -0.25) is 13.7 Å². The molecule has 0 amide bonds. The maximum atomic E-state index is 15.4. The lowest BCUT2D eigenvalue weighted by Gasteiger charge is -2.44. The van der Waals surface area contributed by atoms with Crippen molar-refractivity contribution in [3.63, 3.8) is 0 Å². The van der Waals surface area contributed by atoms with Crippen LogP contribution < -0.4 is 21.9 Å². The van der Waals surface area contributed by atoms with E-state index in [0.717, 1.165) is 16.7 Å². The highest BCUT2D eigenvalue weighted by Gasteiger charge is 2.52. The second-order valence-corrected chi connectivity index (χ2v) is 25.8. The third-order valence-electron chi connectivity index (χ3n) is 12.8. The van der Waals surface area contributed by atoms with Gasteiger partial charge in [-0.2, -0.15) is 25.3 Å². The van der Waals surface area contributed by atoms with Crippen LogP contribution in [0.5, 0.6) is 0 Å². The molecule has 0 saturated carbocycles. The largest absolute Gasteiger partial charge is 0.294 e. The second-order valence-electron chi connectivity index (χ2n) is 21.5. The van der Waals surface area contributed by atoms with Crippen LogP contribution in [0.25, 0.3) is 0 Å². The number of rotatable bonds is 7. The molecule has 0 fully saturated rings. The van der Waals surface area contributed by atoms with E-state index in [-0.39, 0.29) is 30.9 Å². The summed E-state index contributed by atoms with van der Waals surface area (Å²) in [6, 6.07) is 18.7. The van der Waals surface area contributed by atoms with Crippen molar-refractivity contribution in [2.45, 2.75) is 93.2 Å². The molecule has 0 aliphatic rings.